The van der Waals surface area contributed by atoms with Gasteiger partial charge in [0.2, 0.25) is 0 Å². The van der Waals surface area contributed by atoms with Crippen LogP contribution in [0.25, 0.3) is 5.73 Å². The summed E-state index contributed by atoms with van der Waals surface area (Å²) in [5, 5.41) is 0. The molecule has 14 heavy (non-hydrogen) atoms. The fourth-order valence-electron chi connectivity index (χ4n) is 0.668. The first-order chi connectivity index (χ1) is 4.93. The maximum Gasteiger partial charge on any atom is 0.0244 e. The molecular formula is C9H12NO2Y2-. The van der Waals surface area contributed by atoms with Crippen LogP contribution in [-0.4, -0.2) is 17.5 Å². The van der Waals surface area contributed by atoms with Gasteiger partial charge in [0.15, 0.2) is 0 Å². The van der Waals surface area contributed by atoms with E-state index in [-0.39, 0.29) is 82.9 Å². The van der Waals surface area contributed by atoms with Crippen molar-refractivity contribution in [3.05, 3.63) is 41.6 Å². The van der Waals surface area contributed by atoms with Gasteiger partial charge in [0.05, 0.1) is 0 Å². The summed E-state index contributed by atoms with van der Waals surface area (Å²) in [5.74, 6) is 5.54. The van der Waals surface area contributed by atoms with Gasteiger partial charge in [-0.25, -0.2) is 0 Å². The standard InChI is InChI=1S/C9H8N.2H2O.2Y/c10-8-4-7-9-5-2-1-3-6-9;;;;/h1-3,5-6,10H,8H2;2*1H2;;/q-1;;;;. The normalized spacial score (nSPS) is 5.79. The van der Waals surface area contributed by atoms with E-state index >= 15 is 0 Å². The monoisotopic (exact) mass is 344 g/mol. The second kappa shape index (κ2) is 16.3. The Balaban J connectivity index is -0.000000125. The van der Waals surface area contributed by atoms with Gasteiger partial charge in [0.25, 0.3) is 0 Å². The topological polar surface area (TPSA) is 86.8 Å². The van der Waals surface area contributed by atoms with Crippen LogP contribution in [0.1, 0.15) is 5.56 Å². The van der Waals surface area contributed by atoms with E-state index < -0.39 is 0 Å². The molecule has 0 amide bonds. The molecule has 0 atom stereocenters. The maximum atomic E-state index is 6.78. The Morgan fingerprint density at radius 3 is 1.93 bits per heavy atom. The van der Waals surface area contributed by atoms with Gasteiger partial charge in [-0.3, -0.25) is 0 Å². The van der Waals surface area contributed by atoms with Crippen molar-refractivity contribution in [1.82, 2.24) is 0 Å². The molecule has 0 aliphatic carbocycles. The van der Waals surface area contributed by atoms with Gasteiger partial charge in [-0.2, -0.15) is 0 Å². The van der Waals surface area contributed by atoms with Crippen molar-refractivity contribution in [2.45, 2.75) is 0 Å². The molecule has 0 aliphatic rings. The summed E-state index contributed by atoms with van der Waals surface area (Å²) in [6.45, 7) is 0.175. The van der Waals surface area contributed by atoms with Crippen molar-refractivity contribution in [3.63, 3.8) is 0 Å². The third kappa shape index (κ3) is 10.9. The van der Waals surface area contributed by atoms with Crippen molar-refractivity contribution < 1.29 is 76.4 Å². The Morgan fingerprint density at radius 1 is 1.00 bits per heavy atom. The summed E-state index contributed by atoms with van der Waals surface area (Å²) < 4.78 is 0. The molecule has 0 aliphatic heterocycles. The minimum absolute atomic E-state index is 0. The van der Waals surface area contributed by atoms with E-state index in [1.807, 2.05) is 30.3 Å². The van der Waals surface area contributed by atoms with Gasteiger partial charge in [0, 0.05) is 71.0 Å². The fourth-order valence-corrected chi connectivity index (χ4v) is 0.668. The van der Waals surface area contributed by atoms with Crippen molar-refractivity contribution in [2.24, 2.45) is 0 Å². The number of hydrogen-bond donors (Lipinski definition) is 0. The number of hydrogen-bond acceptors (Lipinski definition) is 0. The van der Waals surface area contributed by atoms with Crippen LogP contribution >= 0.6 is 0 Å². The zero-order chi connectivity index (χ0) is 7.23. The molecule has 1 aromatic rings. The van der Waals surface area contributed by atoms with Gasteiger partial charge in [-0.05, 0) is 12.1 Å². The minimum atomic E-state index is 0. The van der Waals surface area contributed by atoms with Crippen molar-refractivity contribution in [2.75, 3.05) is 6.54 Å². The van der Waals surface area contributed by atoms with Gasteiger partial charge in [-0.1, -0.05) is 30.7 Å². The summed E-state index contributed by atoms with van der Waals surface area (Å²) >= 11 is 0. The molecule has 0 spiro atoms. The predicted octanol–water partition coefficient (Wildman–Crippen LogP) is 0.436. The zero-order valence-corrected chi connectivity index (χ0v) is 13.4. The molecule has 1 rings (SSSR count). The first-order valence-electron chi connectivity index (χ1n) is 3.12. The Labute approximate surface area is 135 Å². The molecule has 2 radical (unpaired) electrons. The Hall–Kier alpha value is 0.868. The van der Waals surface area contributed by atoms with E-state index in [9.17, 15) is 0 Å². The molecule has 5 heteroatoms. The molecule has 3 nitrogen and oxygen atoms in total. The van der Waals surface area contributed by atoms with Crippen LogP contribution in [0.4, 0.5) is 0 Å². The van der Waals surface area contributed by atoms with E-state index in [4.69, 9.17) is 5.73 Å². The summed E-state index contributed by atoms with van der Waals surface area (Å²) in [6, 6.07) is 9.69. The molecule has 0 aromatic heterocycles. The van der Waals surface area contributed by atoms with Gasteiger partial charge in [-0.15, -0.1) is 5.92 Å². The number of benzene rings is 1. The van der Waals surface area contributed by atoms with E-state index in [2.05, 4.69) is 11.8 Å². The Kier molecular flexibility index (Phi) is 28.2. The van der Waals surface area contributed by atoms with Gasteiger partial charge in [0.1, 0.15) is 0 Å². The third-order valence-corrected chi connectivity index (χ3v) is 1.09. The maximum absolute atomic E-state index is 6.78. The van der Waals surface area contributed by atoms with Gasteiger partial charge >= 0.3 is 0 Å². The number of rotatable bonds is 0. The molecule has 1 aromatic carbocycles. The Morgan fingerprint density at radius 2 is 1.50 bits per heavy atom. The first kappa shape index (κ1) is 24.2. The van der Waals surface area contributed by atoms with Crippen LogP contribution in [0, 0.1) is 11.8 Å². The molecular weight excluding hydrogens is 332 g/mol. The molecule has 0 bridgehead atoms. The quantitative estimate of drug-likeness (QED) is 0.612. The van der Waals surface area contributed by atoms with Crippen LogP contribution in [0.3, 0.4) is 0 Å². The fraction of sp³-hybridized carbons (Fsp3) is 0.111. The zero-order valence-electron chi connectivity index (χ0n) is 7.75. The summed E-state index contributed by atoms with van der Waals surface area (Å²) in [4.78, 5) is 0. The molecule has 0 fully saturated rings. The molecule has 72 valence electrons. The van der Waals surface area contributed by atoms with Crippen LogP contribution in [0.2, 0.25) is 0 Å². The minimum Gasteiger partial charge on any atom is -0.667 e. The SMILES string of the molecule is O.O.[NH-]CC#Cc1ccccc1.[Y].[Y]. The molecule has 0 unspecified atom stereocenters. The van der Waals surface area contributed by atoms with Crippen LogP contribution < -0.4 is 0 Å². The molecule has 0 heterocycles. The van der Waals surface area contributed by atoms with E-state index in [0.29, 0.717) is 0 Å². The molecule has 5 N–H and O–H groups in total. The Bertz CT molecular complexity index is 257. The van der Waals surface area contributed by atoms with E-state index in [1.54, 1.807) is 0 Å². The third-order valence-electron chi connectivity index (χ3n) is 1.09. The largest absolute Gasteiger partial charge is 0.667 e. The summed E-state index contributed by atoms with van der Waals surface area (Å²) in [6.07, 6.45) is 0. The average molecular weight is 344 g/mol. The van der Waals surface area contributed by atoms with E-state index in [0.717, 1.165) is 5.56 Å². The summed E-state index contributed by atoms with van der Waals surface area (Å²) in [5.41, 5.74) is 7.76. The predicted molar refractivity (Wildman–Crippen MR) is 49.7 cm³/mol. The second-order valence-corrected chi connectivity index (χ2v) is 1.84. The second-order valence-electron chi connectivity index (χ2n) is 1.84. The van der Waals surface area contributed by atoms with Gasteiger partial charge < -0.3 is 16.7 Å². The number of nitrogens with one attached hydrogen (secondary N) is 1. The first-order valence-corrected chi connectivity index (χ1v) is 3.12. The van der Waals surface area contributed by atoms with E-state index in [1.165, 1.54) is 0 Å². The van der Waals surface area contributed by atoms with Crippen molar-refractivity contribution in [1.29, 1.82) is 0 Å². The molecule has 0 saturated heterocycles. The van der Waals surface area contributed by atoms with Crippen LogP contribution in [0.5, 0.6) is 0 Å². The average Bonchev–Trinajstić information content (AvgIpc) is 2.03. The smallest absolute Gasteiger partial charge is 0.0244 e. The molecule has 0 saturated carbocycles. The van der Waals surface area contributed by atoms with Crippen molar-refractivity contribution >= 4 is 0 Å². The summed E-state index contributed by atoms with van der Waals surface area (Å²) in [7, 11) is 0. The van der Waals surface area contributed by atoms with Crippen LogP contribution in [0.15, 0.2) is 30.3 Å². The van der Waals surface area contributed by atoms with Crippen LogP contribution in [-0.2, 0) is 65.4 Å². The van der Waals surface area contributed by atoms with Crippen molar-refractivity contribution in [3.8, 4) is 11.8 Å².